The van der Waals surface area contributed by atoms with Gasteiger partial charge in [0, 0.05) is 34.4 Å². The largest absolute Gasteiger partial charge is 0.456 e. The molecule has 0 fully saturated rings. The number of nitrogens with zero attached hydrogens (tertiary/aromatic N) is 2. The summed E-state index contributed by atoms with van der Waals surface area (Å²) in [5.41, 5.74) is 8.94. The van der Waals surface area contributed by atoms with Crippen LogP contribution < -0.4 is 0 Å². The zero-order valence-electron chi connectivity index (χ0n) is 22.6. The lowest BCUT2D eigenvalue weighted by molar-refractivity contribution is -0.566. The Kier molecular flexibility index (Phi) is 6.68. The highest BCUT2D eigenvalue weighted by atomic mass is 16.5. The lowest BCUT2D eigenvalue weighted by Gasteiger charge is -2.20. The van der Waals surface area contributed by atoms with Crippen LogP contribution >= 0.6 is 0 Å². The smallest absolute Gasteiger partial charge is 0.232 e. The molecule has 0 aromatic heterocycles. The predicted molar refractivity (Wildman–Crippen MR) is 167 cm³/mol. The summed E-state index contributed by atoms with van der Waals surface area (Å²) in [7, 11) is 0. The van der Waals surface area contributed by atoms with Crippen LogP contribution in [0.4, 0.5) is 0 Å². The summed E-state index contributed by atoms with van der Waals surface area (Å²) in [4.78, 5) is 0. The van der Waals surface area contributed by atoms with Crippen molar-refractivity contribution in [2.45, 2.75) is 12.5 Å². The highest BCUT2D eigenvalue weighted by Gasteiger charge is 2.36. The molecule has 41 heavy (non-hydrogen) atoms. The van der Waals surface area contributed by atoms with Gasteiger partial charge >= 0.3 is 0 Å². The van der Waals surface area contributed by atoms with Crippen LogP contribution in [0.25, 0.3) is 11.5 Å². The fraction of sp³-hybridized carbons (Fsp3) is 0.0526. The van der Waals surface area contributed by atoms with Crippen molar-refractivity contribution in [3.63, 3.8) is 0 Å². The van der Waals surface area contributed by atoms with Gasteiger partial charge in [0.05, 0.1) is 6.42 Å². The zero-order valence-corrected chi connectivity index (χ0v) is 22.6. The van der Waals surface area contributed by atoms with Crippen LogP contribution in [0.5, 0.6) is 0 Å². The topological polar surface area (TPSA) is 24.6 Å². The summed E-state index contributed by atoms with van der Waals surface area (Å²) >= 11 is 0. The van der Waals surface area contributed by atoms with Crippen molar-refractivity contribution in [2.24, 2.45) is 5.10 Å². The average Bonchev–Trinajstić information content (AvgIpc) is 3.52. The molecule has 3 nitrogen and oxygen atoms in total. The second kappa shape index (κ2) is 11.1. The predicted octanol–water partition coefficient (Wildman–Crippen LogP) is 8.52. The number of hydrazone groups is 1. The van der Waals surface area contributed by atoms with E-state index in [2.05, 4.69) is 120 Å². The maximum absolute atomic E-state index is 6.41. The lowest BCUT2D eigenvalue weighted by Crippen LogP contribution is -2.17. The quantitative estimate of drug-likeness (QED) is 0.243. The van der Waals surface area contributed by atoms with Gasteiger partial charge in [-0.25, -0.2) is 0 Å². The van der Waals surface area contributed by atoms with E-state index in [-0.39, 0.29) is 6.04 Å². The van der Waals surface area contributed by atoms with Crippen molar-refractivity contribution in [1.29, 1.82) is 0 Å². The van der Waals surface area contributed by atoms with Gasteiger partial charge in [-0.1, -0.05) is 126 Å². The number of rotatable bonds is 4. The second-order valence-corrected chi connectivity index (χ2v) is 10.2. The molecule has 1 atom stereocenters. The summed E-state index contributed by atoms with van der Waals surface area (Å²) in [6, 6.07) is 41.8. The van der Waals surface area contributed by atoms with E-state index in [0.29, 0.717) is 0 Å². The minimum atomic E-state index is 0.141. The van der Waals surface area contributed by atoms with E-state index in [4.69, 9.17) is 9.84 Å². The average molecular weight is 530 g/mol. The second-order valence-electron chi connectivity index (χ2n) is 10.2. The van der Waals surface area contributed by atoms with E-state index in [1.807, 2.05) is 42.5 Å². The Morgan fingerprint density at radius 1 is 0.537 bits per heavy atom. The first-order valence-electron chi connectivity index (χ1n) is 14.0. The first-order chi connectivity index (χ1) is 20.3. The van der Waals surface area contributed by atoms with Crippen molar-refractivity contribution in [1.82, 2.24) is 0 Å². The molecule has 0 spiro atoms. The summed E-state index contributed by atoms with van der Waals surface area (Å²) < 4.78 is 8.58. The monoisotopic (exact) mass is 529 g/mol. The van der Waals surface area contributed by atoms with E-state index >= 15 is 0 Å². The van der Waals surface area contributed by atoms with Crippen molar-refractivity contribution >= 4 is 22.9 Å². The summed E-state index contributed by atoms with van der Waals surface area (Å²) in [6.07, 6.45) is 13.8. The van der Waals surface area contributed by atoms with Crippen LogP contribution in [0, 0.1) is 0 Å². The van der Waals surface area contributed by atoms with Crippen molar-refractivity contribution in [2.75, 3.05) is 0 Å². The van der Waals surface area contributed by atoms with Gasteiger partial charge in [-0.15, -0.1) is 0 Å². The molecule has 196 valence electrons. The first kappa shape index (κ1) is 24.7. The number of hydrogen-bond acceptors (Lipinski definition) is 2. The minimum absolute atomic E-state index is 0.141. The number of benzene rings is 4. The Hall–Kier alpha value is -5.28. The summed E-state index contributed by atoms with van der Waals surface area (Å²) in [5.74, 6) is 1.68. The Labute approximate surface area is 240 Å². The first-order valence-corrected chi connectivity index (χ1v) is 14.0. The fourth-order valence-electron chi connectivity index (χ4n) is 5.45. The number of hydrogen-bond donors (Lipinski definition) is 0. The molecule has 0 bridgehead atoms. The highest BCUT2D eigenvalue weighted by molar-refractivity contribution is 6.05. The molecule has 1 unspecified atom stereocenters. The molecule has 0 radical (unpaired) electrons. The van der Waals surface area contributed by atoms with Crippen LogP contribution in [-0.4, -0.2) is 16.1 Å². The molecule has 0 saturated carbocycles. The molecule has 2 aliphatic heterocycles. The summed E-state index contributed by atoms with van der Waals surface area (Å²) in [5, 5.41) is 5.13. The molecular formula is C38H29N2O+. The fourth-order valence-corrected chi connectivity index (χ4v) is 5.45. The molecule has 2 heterocycles. The van der Waals surface area contributed by atoms with Crippen molar-refractivity contribution < 1.29 is 9.42 Å². The van der Waals surface area contributed by atoms with E-state index < -0.39 is 0 Å². The third-order valence-electron chi connectivity index (χ3n) is 7.58. The third kappa shape index (κ3) is 5.18. The molecule has 4 aromatic carbocycles. The molecule has 3 heteroatoms. The Balaban J connectivity index is 1.29. The minimum Gasteiger partial charge on any atom is -0.456 e. The highest BCUT2D eigenvalue weighted by Crippen LogP contribution is 2.35. The molecule has 0 N–H and O–H groups in total. The van der Waals surface area contributed by atoms with Gasteiger partial charge in [-0.05, 0) is 40.6 Å². The molecule has 1 aliphatic carbocycles. The summed E-state index contributed by atoms with van der Waals surface area (Å²) in [6.45, 7) is 0. The Morgan fingerprint density at radius 2 is 1.02 bits per heavy atom. The molecule has 0 amide bonds. The van der Waals surface area contributed by atoms with E-state index in [9.17, 15) is 0 Å². The van der Waals surface area contributed by atoms with Gasteiger partial charge in [0.25, 0.3) is 0 Å². The van der Waals surface area contributed by atoms with E-state index in [0.717, 1.165) is 51.6 Å². The van der Waals surface area contributed by atoms with Gasteiger partial charge in [-0.2, -0.15) is 0 Å². The molecular weight excluding hydrogens is 500 g/mol. The van der Waals surface area contributed by atoms with Crippen molar-refractivity contribution in [3.8, 4) is 0 Å². The van der Waals surface area contributed by atoms with Gasteiger partial charge in [0.2, 0.25) is 11.8 Å². The normalized spacial score (nSPS) is 18.1. The van der Waals surface area contributed by atoms with Crippen LogP contribution in [0.2, 0.25) is 0 Å². The number of ether oxygens (including phenoxy) is 1. The van der Waals surface area contributed by atoms with Crippen LogP contribution in [-0.2, 0) is 4.74 Å². The Morgan fingerprint density at radius 3 is 1.56 bits per heavy atom. The third-order valence-corrected chi connectivity index (χ3v) is 7.58. The SMILES string of the molecule is C1=CC(=[N+]2N=C(c3ccccc3)CC2c2ccccc2)C=CC1=C1C=C(c2ccccc2)OC(c2ccccc2)=C1. The molecule has 4 aromatic rings. The van der Waals surface area contributed by atoms with Gasteiger partial charge < -0.3 is 4.74 Å². The van der Waals surface area contributed by atoms with Gasteiger partial charge in [0.15, 0.2) is 0 Å². The van der Waals surface area contributed by atoms with E-state index in [1.165, 1.54) is 11.1 Å². The standard InChI is InChI=1S/C38H29N2O/c1-5-13-29(14-6-1)35-27-36(30-15-7-2-8-16-30)40(39-35)34-23-21-28(22-24-34)33-25-37(31-17-9-3-10-18-31)41-38(26-33)32-19-11-4-12-20-32/h1-26,36H,27H2/q+1. The zero-order chi connectivity index (χ0) is 27.4. The van der Waals surface area contributed by atoms with Crippen LogP contribution in [0.1, 0.15) is 34.7 Å². The maximum atomic E-state index is 6.41. The van der Waals surface area contributed by atoms with Gasteiger partial charge in [-0.3, -0.25) is 0 Å². The number of allylic oxidation sites excluding steroid dienone is 8. The Bertz CT molecular complexity index is 1710. The van der Waals surface area contributed by atoms with Gasteiger partial charge in [0.1, 0.15) is 17.2 Å². The van der Waals surface area contributed by atoms with Crippen molar-refractivity contribution in [3.05, 3.63) is 191 Å². The van der Waals surface area contributed by atoms with E-state index in [1.54, 1.807) is 0 Å². The molecule has 0 saturated heterocycles. The molecule has 7 rings (SSSR count). The van der Waals surface area contributed by atoms with Crippen LogP contribution in [0.3, 0.4) is 0 Å². The lowest BCUT2D eigenvalue weighted by atomic mass is 9.96. The molecule has 3 aliphatic rings. The van der Waals surface area contributed by atoms with Crippen LogP contribution in [0.15, 0.2) is 174 Å². The maximum Gasteiger partial charge on any atom is 0.232 e.